The molecule has 2 heterocycles. The van der Waals surface area contributed by atoms with Crippen LogP contribution in [0.4, 0.5) is 0 Å². The lowest BCUT2D eigenvalue weighted by atomic mass is 10.00. The number of amides is 1. The number of rotatable bonds is 1. The lowest BCUT2D eigenvalue weighted by molar-refractivity contribution is 0.0683. The third kappa shape index (κ3) is 2.61. The molecule has 1 fully saturated rings. The molecule has 0 N–H and O–H groups in total. The molecule has 0 aromatic carbocycles. The van der Waals surface area contributed by atoms with Crippen LogP contribution in [0, 0.1) is 5.92 Å². The van der Waals surface area contributed by atoms with E-state index in [0.717, 1.165) is 25.1 Å². The van der Waals surface area contributed by atoms with E-state index < -0.39 is 0 Å². The summed E-state index contributed by atoms with van der Waals surface area (Å²) in [6.45, 7) is 3.95. The van der Waals surface area contributed by atoms with Gasteiger partial charge in [-0.05, 0) is 46.8 Å². The predicted molar refractivity (Wildman–Crippen MR) is 66.2 cm³/mol. The van der Waals surface area contributed by atoms with E-state index >= 15 is 0 Å². The molecule has 1 aromatic rings. The van der Waals surface area contributed by atoms with E-state index in [1.165, 1.54) is 6.42 Å². The molecular weight excluding hydrogens is 268 g/mol. The monoisotopic (exact) mass is 282 g/mol. The Hall–Kier alpha value is -0.900. The number of pyridine rings is 1. The summed E-state index contributed by atoms with van der Waals surface area (Å²) in [7, 11) is 0. The van der Waals surface area contributed by atoms with Gasteiger partial charge in [-0.25, -0.2) is 4.98 Å². The Labute approximate surface area is 104 Å². The lowest BCUT2D eigenvalue weighted by Crippen LogP contribution is -2.39. The van der Waals surface area contributed by atoms with Crippen molar-refractivity contribution in [1.29, 1.82) is 0 Å². The van der Waals surface area contributed by atoms with Gasteiger partial charge in [-0.2, -0.15) is 0 Å². The Bertz CT molecular complexity index is 394. The molecule has 1 aliphatic rings. The molecule has 1 unspecified atom stereocenters. The van der Waals surface area contributed by atoms with Crippen LogP contribution < -0.4 is 0 Å². The van der Waals surface area contributed by atoms with E-state index in [9.17, 15) is 4.79 Å². The van der Waals surface area contributed by atoms with Gasteiger partial charge in [-0.1, -0.05) is 6.92 Å². The van der Waals surface area contributed by atoms with Gasteiger partial charge < -0.3 is 4.90 Å². The largest absolute Gasteiger partial charge is 0.338 e. The number of piperidine rings is 1. The number of carbonyl (C=O) groups is 1. The molecule has 86 valence electrons. The second-order valence-corrected chi connectivity index (χ2v) is 5.18. The highest BCUT2D eigenvalue weighted by molar-refractivity contribution is 9.10. The molecule has 3 nitrogen and oxygen atoms in total. The molecule has 0 radical (unpaired) electrons. The smallest absolute Gasteiger partial charge is 0.254 e. The zero-order valence-corrected chi connectivity index (χ0v) is 10.9. The summed E-state index contributed by atoms with van der Waals surface area (Å²) in [5.41, 5.74) is 0.718. The third-order valence-electron chi connectivity index (χ3n) is 2.92. The van der Waals surface area contributed by atoms with Gasteiger partial charge in [0.2, 0.25) is 0 Å². The minimum Gasteiger partial charge on any atom is -0.338 e. The van der Waals surface area contributed by atoms with Crippen molar-refractivity contribution in [3.05, 3.63) is 28.5 Å². The number of hydrogen-bond acceptors (Lipinski definition) is 2. The summed E-state index contributed by atoms with van der Waals surface area (Å²) >= 11 is 3.28. The van der Waals surface area contributed by atoms with E-state index in [1.54, 1.807) is 18.3 Å². The third-order valence-corrected chi connectivity index (χ3v) is 3.35. The first kappa shape index (κ1) is 11.6. The molecule has 1 atom stereocenters. The van der Waals surface area contributed by atoms with E-state index in [0.29, 0.717) is 10.5 Å². The Morgan fingerprint density at radius 3 is 3.12 bits per heavy atom. The highest BCUT2D eigenvalue weighted by atomic mass is 79.9. The van der Waals surface area contributed by atoms with Crippen molar-refractivity contribution < 1.29 is 4.79 Å². The van der Waals surface area contributed by atoms with Crippen molar-refractivity contribution in [1.82, 2.24) is 9.88 Å². The number of halogens is 1. The molecule has 4 heteroatoms. The van der Waals surface area contributed by atoms with Gasteiger partial charge in [0, 0.05) is 24.8 Å². The van der Waals surface area contributed by atoms with Crippen LogP contribution in [0.3, 0.4) is 0 Å². The Balaban J connectivity index is 2.12. The highest BCUT2D eigenvalue weighted by Crippen LogP contribution is 2.18. The second-order valence-electron chi connectivity index (χ2n) is 4.37. The fourth-order valence-corrected chi connectivity index (χ4v) is 2.46. The summed E-state index contributed by atoms with van der Waals surface area (Å²) in [4.78, 5) is 18.1. The first-order valence-electron chi connectivity index (χ1n) is 5.57. The van der Waals surface area contributed by atoms with Gasteiger partial charge >= 0.3 is 0 Å². The molecule has 1 aliphatic heterocycles. The second kappa shape index (κ2) is 4.95. The maximum absolute atomic E-state index is 12.2. The maximum atomic E-state index is 12.2. The molecule has 0 bridgehead atoms. The summed E-state index contributed by atoms with van der Waals surface area (Å²) in [5, 5.41) is 0. The highest BCUT2D eigenvalue weighted by Gasteiger charge is 2.21. The van der Waals surface area contributed by atoms with E-state index in [4.69, 9.17) is 0 Å². The molecular formula is C12H15BrN2O. The van der Waals surface area contributed by atoms with Crippen molar-refractivity contribution in [2.75, 3.05) is 13.1 Å². The molecule has 2 rings (SSSR count). The summed E-state index contributed by atoms with van der Waals surface area (Å²) in [6.07, 6.45) is 3.99. The van der Waals surface area contributed by atoms with E-state index in [1.807, 2.05) is 4.90 Å². The van der Waals surface area contributed by atoms with Crippen LogP contribution in [-0.4, -0.2) is 28.9 Å². The van der Waals surface area contributed by atoms with Crippen LogP contribution in [0.15, 0.2) is 22.9 Å². The number of nitrogens with zero attached hydrogens (tertiary/aromatic N) is 2. The van der Waals surface area contributed by atoms with Crippen LogP contribution >= 0.6 is 15.9 Å². The lowest BCUT2D eigenvalue weighted by Gasteiger charge is -2.31. The number of likely N-dealkylation sites (tertiary alicyclic amines) is 1. The average molecular weight is 283 g/mol. The first-order valence-corrected chi connectivity index (χ1v) is 6.37. The van der Waals surface area contributed by atoms with Gasteiger partial charge in [0.15, 0.2) is 0 Å². The van der Waals surface area contributed by atoms with Crippen LogP contribution in [0.2, 0.25) is 0 Å². The minimum atomic E-state index is 0.120. The standard InChI is InChI=1S/C12H15BrN2O/c1-9-3-2-6-15(8-9)12(16)10-4-5-14-11(13)7-10/h4-5,7,9H,2-3,6,8H2,1H3. The van der Waals surface area contributed by atoms with E-state index in [2.05, 4.69) is 27.8 Å². The summed E-state index contributed by atoms with van der Waals surface area (Å²) in [6, 6.07) is 3.55. The molecule has 1 saturated heterocycles. The summed E-state index contributed by atoms with van der Waals surface area (Å²) in [5.74, 6) is 0.734. The zero-order valence-electron chi connectivity index (χ0n) is 9.32. The van der Waals surface area contributed by atoms with Gasteiger partial charge in [0.25, 0.3) is 5.91 Å². The molecule has 0 aliphatic carbocycles. The van der Waals surface area contributed by atoms with Crippen molar-refractivity contribution in [3.63, 3.8) is 0 Å². The predicted octanol–water partition coefficient (Wildman–Crippen LogP) is 2.72. The maximum Gasteiger partial charge on any atom is 0.254 e. The van der Waals surface area contributed by atoms with E-state index in [-0.39, 0.29) is 5.91 Å². The Morgan fingerprint density at radius 2 is 2.44 bits per heavy atom. The zero-order chi connectivity index (χ0) is 11.5. The molecule has 16 heavy (non-hydrogen) atoms. The van der Waals surface area contributed by atoms with Crippen molar-refractivity contribution in [2.24, 2.45) is 5.92 Å². The Kier molecular flexibility index (Phi) is 3.59. The SMILES string of the molecule is CC1CCCN(C(=O)c2ccnc(Br)c2)C1. The van der Waals surface area contributed by atoms with Gasteiger partial charge in [-0.3, -0.25) is 4.79 Å². The fourth-order valence-electron chi connectivity index (χ4n) is 2.09. The summed E-state index contributed by atoms with van der Waals surface area (Å²) < 4.78 is 0.711. The van der Waals surface area contributed by atoms with Crippen LogP contribution in [0.1, 0.15) is 30.1 Å². The van der Waals surface area contributed by atoms with Crippen molar-refractivity contribution in [2.45, 2.75) is 19.8 Å². The number of hydrogen-bond donors (Lipinski definition) is 0. The Morgan fingerprint density at radius 1 is 1.62 bits per heavy atom. The topological polar surface area (TPSA) is 33.2 Å². The van der Waals surface area contributed by atoms with Gasteiger partial charge in [0.1, 0.15) is 4.60 Å². The van der Waals surface area contributed by atoms with Gasteiger partial charge in [-0.15, -0.1) is 0 Å². The average Bonchev–Trinajstić information content (AvgIpc) is 2.28. The first-order chi connectivity index (χ1) is 7.66. The number of aromatic nitrogens is 1. The van der Waals surface area contributed by atoms with Crippen molar-refractivity contribution in [3.8, 4) is 0 Å². The van der Waals surface area contributed by atoms with Gasteiger partial charge in [0.05, 0.1) is 0 Å². The minimum absolute atomic E-state index is 0.120. The molecule has 1 aromatic heterocycles. The van der Waals surface area contributed by atoms with Crippen molar-refractivity contribution >= 4 is 21.8 Å². The molecule has 1 amide bonds. The molecule has 0 spiro atoms. The molecule has 0 saturated carbocycles. The quantitative estimate of drug-likeness (QED) is 0.742. The van der Waals surface area contributed by atoms with Crippen LogP contribution in [0.5, 0.6) is 0 Å². The van der Waals surface area contributed by atoms with Crippen LogP contribution in [0.25, 0.3) is 0 Å². The normalized spacial score (nSPS) is 20.9. The number of carbonyl (C=O) groups excluding carboxylic acids is 1. The van der Waals surface area contributed by atoms with Crippen LogP contribution in [-0.2, 0) is 0 Å². The fraction of sp³-hybridized carbons (Fsp3) is 0.500.